The minimum absolute atomic E-state index is 0.0364. The maximum atomic E-state index is 12.1. The number of phenolic OH excluding ortho intramolecular Hbond substituents is 1. The highest BCUT2D eigenvalue weighted by Crippen LogP contribution is 2.27. The van der Waals surface area contributed by atoms with Crippen LogP contribution < -0.4 is 5.73 Å². The van der Waals surface area contributed by atoms with E-state index in [1.165, 1.54) is 0 Å². The van der Waals surface area contributed by atoms with Crippen LogP contribution in [0.5, 0.6) is 5.75 Å². The Bertz CT molecular complexity index is 438. The van der Waals surface area contributed by atoms with E-state index in [1.54, 1.807) is 24.1 Å². The summed E-state index contributed by atoms with van der Waals surface area (Å²) < 4.78 is 0. The minimum atomic E-state index is -0.339. The first-order valence-corrected chi connectivity index (χ1v) is 6.55. The smallest absolute Gasteiger partial charge is 0.222 e. The van der Waals surface area contributed by atoms with Gasteiger partial charge in [0.05, 0.1) is 6.04 Å². The van der Waals surface area contributed by atoms with E-state index >= 15 is 0 Å². The molecule has 1 aromatic rings. The number of hydrogen-bond donors (Lipinski definition) is 2. The third-order valence-electron chi connectivity index (χ3n) is 3.34. The Morgan fingerprint density at radius 3 is 2.53 bits per heavy atom. The molecule has 4 heteroatoms. The molecule has 4 nitrogen and oxygen atoms in total. The van der Waals surface area contributed by atoms with Crippen LogP contribution in [0.1, 0.15) is 45.2 Å². The summed E-state index contributed by atoms with van der Waals surface area (Å²) in [5.41, 5.74) is 6.30. The zero-order valence-electron chi connectivity index (χ0n) is 12.2. The van der Waals surface area contributed by atoms with Gasteiger partial charge >= 0.3 is 0 Å². The molecule has 1 unspecified atom stereocenters. The molecule has 0 heterocycles. The second kappa shape index (κ2) is 6.06. The average molecular weight is 264 g/mol. The van der Waals surface area contributed by atoms with E-state index in [2.05, 4.69) is 0 Å². The topological polar surface area (TPSA) is 66.6 Å². The quantitative estimate of drug-likeness (QED) is 0.858. The number of hydrogen-bond acceptors (Lipinski definition) is 3. The van der Waals surface area contributed by atoms with E-state index in [1.807, 2.05) is 32.9 Å². The zero-order valence-corrected chi connectivity index (χ0v) is 12.2. The molecule has 0 aliphatic heterocycles. The van der Waals surface area contributed by atoms with Crippen LogP contribution in [0.15, 0.2) is 24.3 Å². The van der Waals surface area contributed by atoms with Crippen molar-refractivity contribution in [3.63, 3.8) is 0 Å². The molecule has 3 N–H and O–H groups in total. The maximum absolute atomic E-state index is 12.1. The molecule has 1 amide bonds. The molecular formula is C15H24N2O2. The van der Waals surface area contributed by atoms with Crippen molar-refractivity contribution in [1.82, 2.24) is 4.90 Å². The first-order valence-electron chi connectivity index (χ1n) is 6.55. The van der Waals surface area contributed by atoms with Crippen molar-refractivity contribution in [3.8, 4) is 5.75 Å². The Kier molecular flexibility index (Phi) is 4.95. The molecule has 0 saturated carbocycles. The lowest BCUT2D eigenvalue weighted by molar-refractivity contribution is -0.132. The van der Waals surface area contributed by atoms with Crippen molar-refractivity contribution >= 4 is 5.91 Å². The standard InChI is InChI=1S/C15H24N2O2/c1-11(12-7-5-6-8-13(12)18)17(4)14(19)9-10-15(2,3)16/h5-8,11,18H,9-10,16H2,1-4H3. The van der Waals surface area contributed by atoms with E-state index in [9.17, 15) is 9.90 Å². The Labute approximate surface area is 115 Å². The largest absolute Gasteiger partial charge is 0.508 e. The monoisotopic (exact) mass is 264 g/mol. The normalized spacial score (nSPS) is 13.1. The van der Waals surface area contributed by atoms with Crippen LogP contribution in [0, 0.1) is 0 Å². The fourth-order valence-electron chi connectivity index (χ4n) is 1.87. The minimum Gasteiger partial charge on any atom is -0.508 e. The Hall–Kier alpha value is -1.55. The van der Waals surface area contributed by atoms with Gasteiger partial charge in [-0.1, -0.05) is 18.2 Å². The number of nitrogens with zero attached hydrogens (tertiary/aromatic N) is 1. The van der Waals surface area contributed by atoms with Gasteiger partial charge in [-0.05, 0) is 33.3 Å². The third kappa shape index (κ3) is 4.56. The molecular weight excluding hydrogens is 240 g/mol. The van der Waals surface area contributed by atoms with E-state index in [4.69, 9.17) is 5.73 Å². The third-order valence-corrected chi connectivity index (χ3v) is 3.34. The highest BCUT2D eigenvalue weighted by molar-refractivity contribution is 5.76. The molecule has 0 saturated heterocycles. The predicted molar refractivity (Wildman–Crippen MR) is 76.8 cm³/mol. The zero-order chi connectivity index (χ0) is 14.6. The van der Waals surface area contributed by atoms with E-state index in [-0.39, 0.29) is 23.2 Å². The summed E-state index contributed by atoms with van der Waals surface area (Å²) in [7, 11) is 1.75. The molecule has 0 fully saturated rings. The Morgan fingerprint density at radius 1 is 1.42 bits per heavy atom. The van der Waals surface area contributed by atoms with Crippen LogP contribution in [-0.4, -0.2) is 28.5 Å². The number of aromatic hydroxyl groups is 1. The van der Waals surface area contributed by atoms with Gasteiger partial charge in [-0.2, -0.15) is 0 Å². The van der Waals surface area contributed by atoms with Crippen molar-refractivity contribution < 1.29 is 9.90 Å². The summed E-state index contributed by atoms with van der Waals surface area (Å²) in [5.74, 6) is 0.253. The van der Waals surface area contributed by atoms with Crippen LogP contribution in [0.2, 0.25) is 0 Å². The average Bonchev–Trinajstić information content (AvgIpc) is 2.34. The molecule has 1 rings (SSSR count). The van der Waals surface area contributed by atoms with Crippen molar-refractivity contribution in [1.29, 1.82) is 0 Å². The predicted octanol–water partition coefficient (Wildman–Crippen LogP) is 2.43. The lowest BCUT2D eigenvalue weighted by Crippen LogP contribution is -2.35. The molecule has 0 aliphatic rings. The van der Waals surface area contributed by atoms with Crippen molar-refractivity contribution in [3.05, 3.63) is 29.8 Å². The first kappa shape index (κ1) is 15.5. The van der Waals surface area contributed by atoms with Gasteiger partial charge in [0, 0.05) is 24.6 Å². The van der Waals surface area contributed by atoms with Gasteiger partial charge < -0.3 is 15.7 Å². The number of phenols is 1. The van der Waals surface area contributed by atoms with Crippen LogP contribution in [0.4, 0.5) is 0 Å². The molecule has 0 aliphatic carbocycles. The second-order valence-electron chi connectivity index (χ2n) is 5.73. The summed E-state index contributed by atoms with van der Waals surface area (Å²) in [4.78, 5) is 13.8. The molecule has 0 spiro atoms. The highest BCUT2D eigenvalue weighted by atomic mass is 16.3. The summed E-state index contributed by atoms with van der Waals surface area (Å²) >= 11 is 0. The molecule has 106 valence electrons. The fraction of sp³-hybridized carbons (Fsp3) is 0.533. The highest BCUT2D eigenvalue weighted by Gasteiger charge is 2.21. The Balaban J connectivity index is 2.69. The number of para-hydroxylation sites is 1. The van der Waals surface area contributed by atoms with Crippen LogP contribution >= 0.6 is 0 Å². The number of benzene rings is 1. The number of carbonyl (C=O) groups excluding carboxylic acids is 1. The van der Waals surface area contributed by atoms with Crippen molar-refractivity contribution in [2.24, 2.45) is 5.73 Å². The summed E-state index contributed by atoms with van der Waals surface area (Å²) in [6.45, 7) is 5.72. The maximum Gasteiger partial charge on any atom is 0.222 e. The van der Waals surface area contributed by atoms with Gasteiger partial charge in [-0.3, -0.25) is 4.79 Å². The first-order chi connectivity index (χ1) is 8.72. The summed E-state index contributed by atoms with van der Waals surface area (Å²) in [6, 6.07) is 6.93. The van der Waals surface area contributed by atoms with E-state index in [0.717, 1.165) is 5.56 Å². The molecule has 0 aromatic heterocycles. The van der Waals surface area contributed by atoms with Crippen LogP contribution in [0.25, 0.3) is 0 Å². The summed E-state index contributed by atoms with van der Waals surface area (Å²) in [6.07, 6.45) is 1.06. The van der Waals surface area contributed by atoms with Crippen LogP contribution in [0.3, 0.4) is 0 Å². The number of amides is 1. The molecule has 0 bridgehead atoms. The number of rotatable bonds is 5. The van der Waals surface area contributed by atoms with E-state index < -0.39 is 0 Å². The SMILES string of the molecule is CC(c1ccccc1O)N(C)C(=O)CCC(C)(C)N. The van der Waals surface area contributed by atoms with Gasteiger partial charge in [-0.25, -0.2) is 0 Å². The lowest BCUT2D eigenvalue weighted by atomic mass is 9.99. The van der Waals surface area contributed by atoms with Crippen LogP contribution in [-0.2, 0) is 4.79 Å². The van der Waals surface area contributed by atoms with Gasteiger partial charge in [0.15, 0.2) is 0 Å². The molecule has 19 heavy (non-hydrogen) atoms. The second-order valence-corrected chi connectivity index (χ2v) is 5.73. The van der Waals surface area contributed by atoms with Crippen molar-refractivity contribution in [2.45, 2.75) is 45.2 Å². The van der Waals surface area contributed by atoms with E-state index in [0.29, 0.717) is 12.8 Å². The van der Waals surface area contributed by atoms with Gasteiger partial charge in [0.2, 0.25) is 5.91 Å². The van der Waals surface area contributed by atoms with Crippen molar-refractivity contribution in [2.75, 3.05) is 7.05 Å². The fourth-order valence-corrected chi connectivity index (χ4v) is 1.87. The molecule has 0 radical (unpaired) electrons. The van der Waals surface area contributed by atoms with Gasteiger partial charge in [0.25, 0.3) is 0 Å². The Morgan fingerprint density at radius 2 is 2.00 bits per heavy atom. The lowest BCUT2D eigenvalue weighted by Gasteiger charge is -2.27. The summed E-state index contributed by atoms with van der Waals surface area (Å²) in [5, 5.41) is 9.81. The van der Waals surface area contributed by atoms with Gasteiger partial charge in [0.1, 0.15) is 5.75 Å². The van der Waals surface area contributed by atoms with Gasteiger partial charge in [-0.15, -0.1) is 0 Å². The molecule has 1 aromatic carbocycles. The number of nitrogens with two attached hydrogens (primary N) is 1. The molecule has 1 atom stereocenters. The number of carbonyl (C=O) groups is 1.